The summed E-state index contributed by atoms with van der Waals surface area (Å²) in [6.07, 6.45) is 23.9. The first-order valence-corrected chi connectivity index (χ1v) is 23.1. The van der Waals surface area contributed by atoms with Crippen LogP contribution in [0.2, 0.25) is 0 Å². The van der Waals surface area contributed by atoms with E-state index in [9.17, 15) is 0 Å². The predicted octanol–water partition coefficient (Wildman–Crippen LogP) is 16.4. The fourth-order valence-corrected chi connectivity index (χ4v) is 12.1. The van der Waals surface area contributed by atoms with Crippen molar-refractivity contribution in [2.75, 3.05) is 0 Å². The van der Waals surface area contributed by atoms with Crippen molar-refractivity contribution in [1.29, 1.82) is 0 Å². The third-order valence-electron chi connectivity index (χ3n) is 15.5. The van der Waals surface area contributed by atoms with Crippen LogP contribution in [0.25, 0.3) is 67.3 Å². The zero-order valence-electron chi connectivity index (χ0n) is 36.6. The number of fused-ring (bicyclic) bond motifs is 5. The van der Waals surface area contributed by atoms with Gasteiger partial charge in [0.15, 0.2) is 0 Å². The van der Waals surface area contributed by atoms with Crippen LogP contribution in [0, 0.1) is 5.92 Å². The Morgan fingerprint density at radius 1 is 0.484 bits per heavy atom. The maximum Gasteiger partial charge on any atom is 0.0345 e. The fraction of sp³-hybridized carbons (Fsp3) is 0.125. The highest BCUT2D eigenvalue weighted by atomic mass is 14.4. The van der Waals surface area contributed by atoms with E-state index in [0.29, 0.717) is 17.8 Å². The SMILES string of the molecule is CC1c2ccccc2C(c2ccc(-c3ccc4c(c3)C(C)(C)c3cc(-c5ccc(-c6ccc(-c7ccc8c9c7CC=C7C=CC=C(C=C8)C79)cc6)cc5)ccc3-4)cc2)=C2C=CC=CC21. The van der Waals surface area contributed by atoms with Gasteiger partial charge in [0.2, 0.25) is 0 Å². The molecule has 0 radical (unpaired) electrons. The lowest BCUT2D eigenvalue weighted by molar-refractivity contribution is 0.614. The van der Waals surface area contributed by atoms with Crippen molar-refractivity contribution in [3.05, 3.63) is 262 Å². The molecule has 304 valence electrons. The topological polar surface area (TPSA) is 0 Å². The molecule has 0 fully saturated rings. The lowest BCUT2D eigenvalue weighted by Crippen LogP contribution is -2.19. The monoisotopic (exact) mass is 816 g/mol. The van der Waals surface area contributed by atoms with E-state index >= 15 is 0 Å². The van der Waals surface area contributed by atoms with Crippen LogP contribution < -0.4 is 0 Å². The molecule has 3 unspecified atom stereocenters. The average molecular weight is 817 g/mol. The van der Waals surface area contributed by atoms with Gasteiger partial charge in [-0.05, 0) is 147 Å². The van der Waals surface area contributed by atoms with Gasteiger partial charge < -0.3 is 0 Å². The largest absolute Gasteiger partial charge is 0.0764 e. The number of allylic oxidation sites excluding steroid dienone is 12. The Morgan fingerprint density at radius 2 is 1.08 bits per heavy atom. The molecular formula is C64H48. The molecule has 6 aliphatic rings. The molecule has 0 nitrogen and oxygen atoms in total. The molecule has 7 aromatic rings. The quantitative estimate of drug-likeness (QED) is 0.162. The molecular weight excluding hydrogens is 769 g/mol. The molecule has 0 heteroatoms. The zero-order chi connectivity index (χ0) is 42.7. The molecule has 3 atom stereocenters. The van der Waals surface area contributed by atoms with Crippen LogP contribution in [-0.4, -0.2) is 0 Å². The molecule has 0 saturated carbocycles. The molecule has 7 aromatic carbocycles. The van der Waals surface area contributed by atoms with Gasteiger partial charge in [-0.15, -0.1) is 0 Å². The molecule has 0 spiro atoms. The van der Waals surface area contributed by atoms with E-state index in [0.717, 1.165) is 6.42 Å². The van der Waals surface area contributed by atoms with Crippen LogP contribution in [0.15, 0.2) is 217 Å². The maximum absolute atomic E-state index is 2.45. The van der Waals surface area contributed by atoms with Crippen LogP contribution in [0.4, 0.5) is 0 Å². The highest BCUT2D eigenvalue weighted by Crippen LogP contribution is 2.52. The average Bonchev–Trinajstić information content (AvgIpc) is 3.58. The third-order valence-corrected chi connectivity index (χ3v) is 15.5. The highest BCUT2D eigenvalue weighted by Gasteiger charge is 2.37. The van der Waals surface area contributed by atoms with Gasteiger partial charge in [0.25, 0.3) is 0 Å². The van der Waals surface area contributed by atoms with E-state index in [1.54, 1.807) is 0 Å². The molecule has 0 saturated heterocycles. The van der Waals surface area contributed by atoms with Gasteiger partial charge in [0.1, 0.15) is 0 Å². The second-order valence-corrected chi connectivity index (χ2v) is 19.1. The summed E-state index contributed by atoms with van der Waals surface area (Å²) < 4.78 is 0. The lowest BCUT2D eigenvalue weighted by Gasteiger charge is -2.34. The minimum absolute atomic E-state index is 0.124. The number of benzene rings is 7. The summed E-state index contributed by atoms with van der Waals surface area (Å²) in [5.74, 6) is 1.23. The Labute approximate surface area is 377 Å². The van der Waals surface area contributed by atoms with E-state index in [-0.39, 0.29) is 5.41 Å². The Bertz CT molecular complexity index is 3350. The van der Waals surface area contributed by atoms with E-state index in [2.05, 4.69) is 227 Å². The zero-order valence-corrected chi connectivity index (χ0v) is 36.6. The van der Waals surface area contributed by atoms with Crippen LogP contribution in [0.5, 0.6) is 0 Å². The van der Waals surface area contributed by atoms with Gasteiger partial charge >= 0.3 is 0 Å². The van der Waals surface area contributed by atoms with Crippen molar-refractivity contribution in [3.8, 4) is 55.6 Å². The van der Waals surface area contributed by atoms with Gasteiger partial charge in [-0.2, -0.15) is 0 Å². The summed E-state index contributed by atoms with van der Waals surface area (Å²) in [4.78, 5) is 0. The molecule has 0 heterocycles. The number of hydrogen-bond donors (Lipinski definition) is 0. The second kappa shape index (κ2) is 14.1. The summed E-state index contributed by atoms with van der Waals surface area (Å²) >= 11 is 0. The van der Waals surface area contributed by atoms with Gasteiger partial charge in [-0.1, -0.05) is 215 Å². The predicted molar refractivity (Wildman–Crippen MR) is 269 cm³/mol. The third kappa shape index (κ3) is 5.61. The summed E-state index contributed by atoms with van der Waals surface area (Å²) in [6.45, 7) is 7.16. The molecule has 0 aliphatic heterocycles. The molecule has 0 aromatic heterocycles. The van der Waals surface area contributed by atoms with Crippen LogP contribution in [0.1, 0.15) is 77.1 Å². The van der Waals surface area contributed by atoms with Crippen molar-refractivity contribution in [2.24, 2.45) is 5.92 Å². The first-order chi connectivity index (χ1) is 31.4. The van der Waals surface area contributed by atoms with E-state index in [1.807, 2.05) is 0 Å². The van der Waals surface area contributed by atoms with Crippen molar-refractivity contribution in [1.82, 2.24) is 0 Å². The van der Waals surface area contributed by atoms with E-state index in [4.69, 9.17) is 0 Å². The molecule has 13 rings (SSSR count). The van der Waals surface area contributed by atoms with Gasteiger partial charge in [0, 0.05) is 17.3 Å². The first kappa shape index (κ1) is 37.3. The second-order valence-electron chi connectivity index (χ2n) is 19.1. The van der Waals surface area contributed by atoms with Crippen LogP contribution >= 0.6 is 0 Å². The normalized spacial score (nSPS) is 19.9. The van der Waals surface area contributed by atoms with Crippen molar-refractivity contribution in [2.45, 2.75) is 44.4 Å². The summed E-state index contributed by atoms with van der Waals surface area (Å²) in [5.41, 5.74) is 29.6. The Kier molecular flexibility index (Phi) is 8.22. The molecule has 64 heavy (non-hydrogen) atoms. The van der Waals surface area contributed by atoms with Crippen molar-refractivity contribution >= 4 is 11.6 Å². The molecule has 6 aliphatic carbocycles. The lowest BCUT2D eigenvalue weighted by atomic mass is 9.69. The summed E-state index contributed by atoms with van der Waals surface area (Å²) in [6, 6.07) is 55.5. The van der Waals surface area contributed by atoms with Crippen LogP contribution in [0.3, 0.4) is 0 Å². The van der Waals surface area contributed by atoms with Crippen molar-refractivity contribution < 1.29 is 0 Å². The van der Waals surface area contributed by atoms with Gasteiger partial charge in [0.05, 0.1) is 0 Å². The minimum Gasteiger partial charge on any atom is -0.0764 e. The Morgan fingerprint density at radius 3 is 1.77 bits per heavy atom. The maximum atomic E-state index is 2.45. The number of hydrogen-bond acceptors (Lipinski definition) is 0. The van der Waals surface area contributed by atoms with Crippen molar-refractivity contribution in [3.63, 3.8) is 0 Å². The standard InChI is InChI=1S/C64H48/c1-39-51-11-4-6-13-56(51)62(57-14-7-5-12-52(39)57)47-25-21-43(22-26-47)50-32-35-55-54-34-31-49(37-59(54)64(2,3)60(55)38-50)42-17-15-40(16-18-42)41-19-23-44(24-20-41)53-33-29-48-28-27-45-9-8-10-46-30-36-58(53)63(48)61(45)46/h4-35,37-39,51,61H,36H2,1-3H3. The Balaban J connectivity index is 0.754. The summed E-state index contributed by atoms with van der Waals surface area (Å²) in [5, 5.41) is 0. The molecule has 0 bridgehead atoms. The first-order valence-electron chi connectivity index (χ1n) is 23.1. The summed E-state index contributed by atoms with van der Waals surface area (Å²) in [7, 11) is 0. The molecule has 0 N–H and O–H groups in total. The Hall–Kier alpha value is -7.28. The number of rotatable bonds is 5. The highest BCUT2D eigenvalue weighted by molar-refractivity contribution is 5.90. The molecule has 0 amide bonds. The van der Waals surface area contributed by atoms with E-state index < -0.39 is 0 Å². The van der Waals surface area contributed by atoms with Gasteiger partial charge in [-0.25, -0.2) is 0 Å². The van der Waals surface area contributed by atoms with E-state index in [1.165, 1.54) is 122 Å². The smallest absolute Gasteiger partial charge is 0.0345 e. The minimum atomic E-state index is -0.124. The van der Waals surface area contributed by atoms with Crippen LogP contribution in [-0.2, 0) is 11.8 Å². The van der Waals surface area contributed by atoms with Gasteiger partial charge in [-0.3, -0.25) is 0 Å². The fourth-order valence-electron chi connectivity index (χ4n) is 12.1.